The maximum absolute atomic E-state index is 11.0. The highest BCUT2D eigenvalue weighted by Crippen LogP contribution is 2.40. The Morgan fingerprint density at radius 2 is 2.10 bits per heavy atom. The van der Waals surface area contributed by atoms with Gasteiger partial charge in [0.15, 0.2) is 0 Å². The molecule has 2 fully saturated rings. The molecule has 1 aliphatic heterocycles. The summed E-state index contributed by atoms with van der Waals surface area (Å²) >= 11 is 0. The van der Waals surface area contributed by atoms with Crippen LogP contribution in [0.4, 0.5) is 0 Å². The Morgan fingerprint density at radius 3 is 2.90 bits per heavy atom. The molecule has 0 aromatic carbocycles. The highest BCUT2D eigenvalue weighted by atomic mass is 16.5. The van der Waals surface area contributed by atoms with Gasteiger partial charge in [0.1, 0.15) is 5.76 Å². The Kier molecular flexibility index (Phi) is 1.10. The van der Waals surface area contributed by atoms with Crippen LogP contribution in [-0.2, 0) is 9.53 Å². The largest absolute Gasteiger partial charge is 0.431 e. The normalized spacial score (nSPS) is 38.0. The first-order valence-corrected chi connectivity index (χ1v) is 3.68. The number of cyclic esters (lactones) is 1. The summed E-state index contributed by atoms with van der Waals surface area (Å²) in [5.74, 6) is 1.30. The lowest BCUT2D eigenvalue weighted by Crippen LogP contribution is -2.21. The molecule has 0 spiro atoms. The summed E-state index contributed by atoms with van der Waals surface area (Å²) in [7, 11) is 0. The first-order chi connectivity index (χ1) is 4.77. The summed E-state index contributed by atoms with van der Waals surface area (Å²) in [4.78, 5) is 11.0. The number of carbonyl (C=O) groups is 1. The van der Waals surface area contributed by atoms with Crippen LogP contribution in [0, 0.1) is 11.8 Å². The zero-order valence-corrected chi connectivity index (χ0v) is 5.80. The lowest BCUT2D eigenvalue weighted by Gasteiger charge is -2.19. The van der Waals surface area contributed by atoms with Crippen LogP contribution in [0.1, 0.15) is 19.3 Å². The van der Waals surface area contributed by atoms with Crippen LogP contribution in [0.15, 0.2) is 12.3 Å². The Hall–Kier alpha value is -0.790. The molecule has 10 heavy (non-hydrogen) atoms. The average Bonchev–Trinajstić information content (AvgIpc) is 2.28. The molecule has 0 radical (unpaired) electrons. The maximum atomic E-state index is 11.0. The highest BCUT2D eigenvalue weighted by Gasteiger charge is 2.38. The SMILES string of the molecule is C=C1OC(=O)[C@@H]2CC[C@H]1C2. The van der Waals surface area contributed by atoms with Crippen molar-refractivity contribution in [1.82, 2.24) is 0 Å². The van der Waals surface area contributed by atoms with E-state index in [1.807, 2.05) is 0 Å². The molecule has 0 aromatic rings. The molecule has 1 heterocycles. The van der Waals surface area contributed by atoms with Crippen molar-refractivity contribution in [3.05, 3.63) is 12.3 Å². The van der Waals surface area contributed by atoms with Gasteiger partial charge >= 0.3 is 5.97 Å². The third-order valence-corrected chi connectivity index (χ3v) is 2.45. The second kappa shape index (κ2) is 1.84. The fourth-order valence-corrected chi connectivity index (χ4v) is 1.78. The molecule has 2 rings (SSSR count). The third-order valence-electron chi connectivity index (χ3n) is 2.45. The van der Waals surface area contributed by atoms with Gasteiger partial charge in [0.25, 0.3) is 0 Å². The zero-order chi connectivity index (χ0) is 7.14. The summed E-state index contributed by atoms with van der Waals surface area (Å²) in [5, 5.41) is 0. The first-order valence-electron chi connectivity index (χ1n) is 3.68. The maximum Gasteiger partial charge on any atom is 0.314 e. The van der Waals surface area contributed by atoms with E-state index in [2.05, 4.69) is 6.58 Å². The third kappa shape index (κ3) is 0.681. The molecule has 2 atom stereocenters. The summed E-state index contributed by atoms with van der Waals surface area (Å²) < 4.78 is 4.94. The first kappa shape index (κ1) is 5.96. The van der Waals surface area contributed by atoms with Crippen molar-refractivity contribution in [2.75, 3.05) is 0 Å². The van der Waals surface area contributed by atoms with Gasteiger partial charge in [0, 0.05) is 5.92 Å². The molecule has 54 valence electrons. The number of hydrogen-bond donors (Lipinski definition) is 0. The minimum Gasteiger partial charge on any atom is -0.431 e. The molecule has 2 nitrogen and oxygen atoms in total. The Bertz CT molecular complexity index is 175. The molecule has 1 saturated heterocycles. The second-order valence-electron chi connectivity index (χ2n) is 3.09. The monoisotopic (exact) mass is 138 g/mol. The molecule has 0 unspecified atom stereocenters. The molecule has 1 aliphatic carbocycles. The van der Waals surface area contributed by atoms with Crippen LogP contribution in [0.5, 0.6) is 0 Å². The van der Waals surface area contributed by atoms with Crippen molar-refractivity contribution < 1.29 is 9.53 Å². The smallest absolute Gasteiger partial charge is 0.314 e. The zero-order valence-electron chi connectivity index (χ0n) is 5.80. The van der Waals surface area contributed by atoms with Crippen molar-refractivity contribution in [2.45, 2.75) is 19.3 Å². The van der Waals surface area contributed by atoms with E-state index in [1.54, 1.807) is 0 Å². The molecule has 2 bridgehead atoms. The molecule has 0 amide bonds. The molecule has 2 aliphatic rings. The van der Waals surface area contributed by atoms with E-state index in [-0.39, 0.29) is 11.9 Å². The molecule has 0 N–H and O–H groups in total. The van der Waals surface area contributed by atoms with Crippen LogP contribution >= 0.6 is 0 Å². The van der Waals surface area contributed by atoms with E-state index in [0.29, 0.717) is 11.7 Å². The van der Waals surface area contributed by atoms with Gasteiger partial charge in [-0.05, 0) is 19.3 Å². The predicted molar refractivity (Wildman–Crippen MR) is 36.1 cm³/mol. The van der Waals surface area contributed by atoms with Gasteiger partial charge in [0.2, 0.25) is 0 Å². The van der Waals surface area contributed by atoms with Gasteiger partial charge in [-0.3, -0.25) is 4.79 Å². The summed E-state index contributed by atoms with van der Waals surface area (Å²) in [6.07, 6.45) is 3.08. The highest BCUT2D eigenvalue weighted by molar-refractivity contribution is 5.75. The van der Waals surface area contributed by atoms with E-state index in [9.17, 15) is 4.79 Å². The topological polar surface area (TPSA) is 26.3 Å². The van der Waals surface area contributed by atoms with Gasteiger partial charge in [-0.15, -0.1) is 0 Å². The molecule has 2 heteroatoms. The summed E-state index contributed by atoms with van der Waals surface area (Å²) in [5.41, 5.74) is 0. The number of hydrogen-bond acceptors (Lipinski definition) is 2. The summed E-state index contributed by atoms with van der Waals surface area (Å²) in [6, 6.07) is 0. The van der Waals surface area contributed by atoms with Crippen molar-refractivity contribution >= 4 is 5.97 Å². The number of allylic oxidation sites excluding steroid dienone is 1. The molecular weight excluding hydrogens is 128 g/mol. The van der Waals surface area contributed by atoms with Gasteiger partial charge in [0.05, 0.1) is 5.92 Å². The van der Waals surface area contributed by atoms with E-state index in [1.165, 1.54) is 0 Å². The number of esters is 1. The number of rotatable bonds is 0. The van der Waals surface area contributed by atoms with Crippen molar-refractivity contribution in [3.63, 3.8) is 0 Å². The number of fused-ring (bicyclic) bond motifs is 2. The Labute approximate surface area is 59.9 Å². The van der Waals surface area contributed by atoms with Gasteiger partial charge < -0.3 is 4.74 Å². The standard InChI is InChI=1S/C8H10O2/c1-5-6-2-3-7(4-6)8(9)10-5/h6-7H,1-4H2/t6-,7+/m0/s1. The van der Waals surface area contributed by atoms with Gasteiger partial charge in [-0.2, -0.15) is 0 Å². The van der Waals surface area contributed by atoms with Crippen molar-refractivity contribution in [1.29, 1.82) is 0 Å². The quantitative estimate of drug-likeness (QED) is 0.474. The Morgan fingerprint density at radius 1 is 1.40 bits per heavy atom. The van der Waals surface area contributed by atoms with Crippen LogP contribution in [0.3, 0.4) is 0 Å². The van der Waals surface area contributed by atoms with Crippen molar-refractivity contribution in [3.8, 4) is 0 Å². The lowest BCUT2D eigenvalue weighted by molar-refractivity contribution is -0.146. The van der Waals surface area contributed by atoms with E-state index < -0.39 is 0 Å². The van der Waals surface area contributed by atoms with Crippen LogP contribution < -0.4 is 0 Å². The summed E-state index contributed by atoms with van der Waals surface area (Å²) in [6.45, 7) is 3.70. The second-order valence-corrected chi connectivity index (χ2v) is 3.09. The fraction of sp³-hybridized carbons (Fsp3) is 0.625. The number of ether oxygens (including phenoxy) is 1. The molecule has 0 aromatic heterocycles. The van der Waals surface area contributed by atoms with E-state index >= 15 is 0 Å². The average molecular weight is 138 g/mol. The van der Waals surface area contributed by atoms with Crippen LogP contribution in [-0.4, -0.2) is 5.97 Å². The van der Waals surface area contributed by atoms with E-state index in [0.717, 1.165) is 19.3 Å². The van der Waals surface area contributed by atoms with Crippen molar-refractivity contribution in [2.24, 2.45) is 11.8 Å². The Balaban J connectivity index is 2.24. The predicted octanol–water partition coefficient (Wildman–Crippen LogP) is 1.47. The van der Waals surface area contributed by atoms with E-state index in [4.69, 9.17) is 4.74 Å². The number of carbonyl (C=O) groups excluding carboxylic acids is 1. The lowest BCUT2D eigenvalue weighted by atomic mass is 10.0. The van der Waals surface area contributed by atoms with Gasteiger partial charge in [-0.1, -0.05) is 6.58 Å². The fourth-order valence-electron chi connectivity index (χ4n) is 1.78. The minimum atomic E-state index is -0.0567. The minimum absolute atomic E-state index is 0.0567. The van der Waals surface area contributed by atoms with Gasteiger partial charge in [-0.25, -0.2) is 0 Å². The molecular formula is C8H10O2. The molecule has 1 saturated carbocycles. The van der Waals surface area contributed by atoms with Crippen LogP contribution in [0.2, 0.25) is 0 Å². The van der Waals surface area contributed by atoms with Crippen LogP contribution in [0.25, 0.3) is 0 Å².